The van der Waals surface area contributed by atoms with Gasteiger partial charge in [-0.05, 0) is 48.6 Å². The van der Waals surface area contributed by atoms with Crippen molar-refractivity contribution in [3.8, 4) is 0 Å². The van der Waals surface area contributed by atoms with Crippen LogP contribution in [0, 0.1) is 5.92 Å². The van der Waals surface area contributed by atoms with Crippen LogP contribution in [0.1, 0.15) is 30.4 Å². The van der Waals surface area contributed by atoms with Gasteiger partial charge in [-0.2, -0.15) is 0 Å². The van der Waals surface area contributed by atoms with Gasteiger partial charge in [0.2, 0.25) is 11.8 Å². The molecule has 1 aromatic carbocycles. The minimum Gasteiger partial charge on any atom is -0.352 e. The second-order valence-electron chi connectivity index (χ2n) is 6.10. The van der Waals surface area contributed by atoms with Crippen molar-refractivity contribution in [3.05, 3.63) is 59.9 Å². The topological polar surface area (TPSA) is 71.1 Å². The predicted octanol–water partition coefficient (Wildman–Crippen LogP) is 2.68. The molecule has 1 aromatic heterocycles. The smallest absolute Gasteiger partial charge is 0.227 e. The van der Waals surface area contributed by atoms with Gasteiger partial charge in [0, 0.05) is 37.0 Å². The number of nitrogens with one attached hydrogen (secondary N) is 2. The highest BCUT2D eigenvalue weighted by molar-refractivity contribution is 5.94. The second kappa shape index (κ2) is 7.73. The Bertz CT molecular complexity index is 712. The normalized spacial score (nSPS) is 13.3. The Hall–Kier alpha value is -2.69. The van der Waals surface area contributed by atoms with Crippen LogP contribution in [-0.2, 0) is 22.6 Å². The molecule has 0 radical (unpaired) electrons. The molecule has 124 valence electrons. The van der Waals surface area contributed by atoms with Crippen LogP contribution in [0.15, 0.2) is 48.8 Å². The number of hydrogen-bond acceptors (Lipinski definition) is 3. The first-order valence-corrected chi connectivity index (χ1v) is 8.26. The first-order valence-electron chi connectivity index (χ1n) is 8.26. The number of aromatic nitrogens is 1. The van der Waals surface area contributed by atoms with Gasteiger partial charge in [-0.3, -0.25) is 14.6 Å². The molecule has 5 heteroatoms. The van der Waals surface area contributed by atoms with E-state index in [2.05, 4.69) is 15.6 Å². The van der Waals surface area contributed by atoms with E-state index in [1.54, 1.807) is 12.4 Å². The molecule has 1 saturated carbocycles. The minimum atomic E-state index is 0.00581. The van der Waals surface area contributed by atoms with Crippen LogP contribution in [0.4, 0.5) is 5.69 Å². The number of anilines is 1. The fraction of sp³-hybridized carbons (Fsp3) is 0.316. The molecule has 0 atom stereocenters. The lowest BCUT2D eigenvalue weighted by Crippen LogP contribution is -2.23. The summed E-state index contributed by atoms with van der Waals surface area (Å²) in [5.74, 6) is 0.278. The highest BCUT2D eigenvalue weighted by Crippen LogP contribution is 2.30. The number of carbonyl (C=O) groups is 2. The zero-order valence-electron chi connectivity index (χ0n) is 13.5. The lowest BCUT2D eigenvalue weighted by atomic mass is 10.1. The number of rotatable bonds is 7. The summed E-state index contributed by atoms with van der Waals surface area (Å²) in [7, 11) is 0. The van der Waals surface area contributed by atoms with E-state index in [9.17, 15) is 9.59 Å². The summed E-state index contributed by atoms with van der Waals surface area (Å²) >= 11 is 0. The van der Waals surface area contributed by atoms with Gasteiger partial charge in [-0.15, -0.1) is 0 Å². The van der Waals surface area contributed by atoms with Gasteiger partial charge >= 0.3 is 0 Å². The van der Waals surface area contributed by atoms with Gasteiger partial charge in [0.1, 0.15) is 0 Å². The Morgan fingerprint density at radius 1 is 1.12 bits per heavy atom. The number of nitrogens with zero attached hydrogens (tertiary/aromatic N) is 1. The van der Waals surface area contributed by atoms with Crippen LogP contribution in [-0.4, -0.2) is 16.8 Å². The second-order valence-corrected chi connectivity index (χ2v) is 6.10. The fourth-order valence-electron chi connectivity index (χ4n) is 2.44. The highest BCUT2D eigenvalue weighted by atomic mass is 16.2. The lowest BCUT2D eigenvalue weighted by molar-refractivity contribution is -0.121. The molecule has 3 rings (SSSR count). The quantitative estimate of drug-likeness (QED) is 0.823. The van der Waals surface area contributed by atoms with Crippen molar-refractivity contribution >= 4 is 17.5 Å². The van der Waals surface area contributed by atoms with E-state index >= 15 is 0 Å². The fourth-order valence-corrected chi connectivity index (χ4v) is 2.44. The van der Waals surface area contributed by atoms with E-state index in [4.69, 9.17) is 0 Å². The number of amides is 2. The summed E-state index contributed by atoms with van der Waals surface area (Å²) < 4.78 is 0. The molecule has 1 aliphatic rings. The molecule has 24 heavy (non-hydrogen) atoms. The lowest BCUT2D eigenvalue weighted by Gasteiger charge is -2.08. The Morgan fingerprint density at radius 3 is 2.71 bits per heavy atom. The summed E-state index contributed by atoms with van der Waals surface area (Å²) in [5, 5.41) is 5.83. The molecule has 0 unspecified atom stereocenters. The maximum atomic E-state index is 11.9. The van der Waals surface area contributed by atoms with E-state index in [1.807, 2.05) is 36.4 Å². The SMILES string of the molecule is O=C(CCc1cccnc1)NCc1cccc(NC(=O)C2CC2)c1. The summed E-state index contributed by atoms with van der Waals surface area (Å²) in [4.78, 5) is 27.8. The zero-order chi connectivity index (χ0) is 16.8. The van der Waals surface area contributed by atoms with Crippen LogP contribution < -0.4 is 10.6 Å². The van der Waals surface area contributed by atoms with Crippen molar-refractivity contribution in [1.82, 2.24) is 10.3 Å². The predicted molar refractivity (Wildman–Crippen MR) is 92.2 cm³/mol. The van der Waals surface area contributed by atoms with Crippen LogP contribution in [0.3, 0.4) is 0 Å². The average Bonchev–Trinajstić information content (AvgIpc) is 3.44. The molecular formula is C19H21N3O2. The van der Waals surface area contributed by atoms with Gasteiger partial charge in [0.25, 0.3) is 0 Å². The number of carbonyl (C=O) groups excluding carboxylic acids is 2. The number of pyridine rings is 1. The van der Waals surface area contributed by atoms with E-state index in [-0.39, 0.29) is 17.7 Å². The first kappa shape index (κ1) is 16.2. The molecular weight excluding hydrogens is 302 g/mol. The van der Waals surface area contributed by atoms with Gasteiger partial charge in [0.05, 0.1) is 0 Å². The Morgan fingerprint density at radius 2 is 1.96 bits per heavy atom. The molecule has 0 saturated heterocycles. The third-order valence-corrected chi connectivity index (χ3v) is 4.00. The average molecular weight is 323 g/mol. The van der Waals surface area contributed by atoms with Crippen LogP contribution >= 0.6 is 0 Å². The molecule has 0 spiro atoms. The molecule has 0 bridgehead atoms. The summed E-state index contributed by atoms with van der Waals surface area (Å²) in [6.07, 6.45) is 6.58. The standard InChI is InChI=1S/C19H21N3O2/c23-18(9-6-14-4-2-10-20-12-14)21-13-15-3-1-5-17(11-15)22-19(24)16-7-8-16/h1-5,10-12,16H,6-9,13H2,(H,21,23)(H,22,24). The molecule has 2 amide bonds. The minimum absolute atomic E-state index is 0.00581. The molecule has 2 aromatic rings. The van der Waals surface area contributed by atoms with Gasteiger partial charge < -0.3 is 10.6 Å². The van der Waals surface area contributed by atoms with Crippen molar-refractivity contribution in [2.24, 2.45) is 5.92 Å². The largest absolute Gasteiger partial charge is 0.352 e. The molecule has 1 aliphatic carbocycles. The Labute approximate surface area is 141 Å². The van der Waals surface area contributed by atoms with Crippen molar-refractivity contribution in [2.45, 2.75) is 32.2 Å². The van der Waals surface area contributed by atoms with Crippen LogP contribution in [0.25, 0.3) is 0 Å². The monoisotopic (exact) mass is 323 g/mol. The molecule has 1 heterocycles. The third-order valence-electron chi connectivity index (χ3n) is 4.00. The summed E-state index contributed by atoms with van der Waals surface area (Å²) in [6.45, 7) is 0.457. The summed E-state index contributed by atoms with van der Waals surface area (Å²) in [5.41, 5.74) is 2.81. The van der Waals surface area contributed by atoms with E-state index in [1.165, 1.54) is 0 Å². The zero-order valence-corrected chi connectivity index (χ0v) is 13.5. The number of hydrogen-bond donors (Lipinski definition) is 2. The van der Waals surface area contributed by atoms with Crippen LogP contribution in [0.2, 0.25) is 0 Å². The van der Waals surface area contributed by atoms with Gasteiger partial charge in [0.15, 0.2) is 0 Å². The van der Waals surface area contributed by atoms with Crippen molar-refractivity contribution in [2.75, 3.05) is 5.32 Å². The highest BCUT2D eigenvalue weighted by Gasteiger charge is 2.29. The number of benzene rings is 1. The molecule has 0 aliphatic heterocycles. The first-order chi connectivity index (χ1) is 11.7. The maximum Gasteiger partial charge on any atom is 0.227 e. The molecule has 5 nitrogen and oxygen atoms in total. The van der Waals surface area contributed by atoms with E-state index in [0.29, 0.717) is 19.4 Å². The van der Waals surface area contributed by atoms with Crippen molar-refractivity contribution in [3.63, 3.8) is 0 Å². The van der Waals surface area contributed by atoms with Crippen molar-refractivity contribution < 1.29 is 9.59 Å². The van der Waals surface area contributed by atoms with Crippen LogP contribution in [0.5, 0.6) is 0 Å². The number of aryl methyl sites for hydroxylation is 1. The summed E-state index contributed by atoms with van der Waals surface area (Å²) in [6, 6.07) is 11.4. The Kier molecular flexibility index (Phi) is 5.21. The Balaban J connectivity index is 1.45. The third kappa shape index (κ3) is 4.91. The molecule has 1 fully saturated rings. The van der Waals surface area contributed by atoms with Crippen molar-refractivity contribution in [1.29, 1.82) is 0 Å². The van der Waals surface area contributed by atoms with E-state index < -0.39 is 0 Å². The van der Waals surface area contributed by atoms with Gasteiger partial charge in [-0.25, -0.2) is 0 Å². The maximum absolute atomic E-state index is 11.9. The van der Waals surface area contributed by atoms with E-state index in [0.717, 1.165) is 29.7 Å². The molecule has 2 N–H and O–H groups in total. The van der Waals surface area contributed by atoms with Gasteiger partial charge in [-0.1, -0.05) is 18.2 Å².